The summed E-state index contributed by atoms with van der Waals surface area (Å²) < 4.78 is 45.5. The Morgan fingerprint density at radius 3 is 2.40 bits per heavy atom. The van der Waals surface area contributed by atoms with Gasteiger partial charge in [-0.25, -0.2) is 0 Å². The van der Waals surface area contributed by atoms with Crippen LogP contribution in [0.5, 0.6) is 5.88 Å². The van der Waals surface area contributed by atoms with Gasteiger partial charge >= 0.3 is 6.18 Å². The van der Waals surface area contributed by atoms with Gasteiger partial charge in [0, 0.05) is 24.2 Å². The van der Waals surface area contributed by atoms with Gasteiger partial charge < -0.3 is 4.74 Å². The third kappa shape index (κ3) is 2.94. The fourth-order valence-corrected chi connectivity index (χ4v) is 4.29. The zero-order valence-corrected chi connectivity index (χ0v) is 14.1. The van der Waals surface area contributed by atoms with Crippen LogP contribution < -0.4 is 4.74 Å². The van der Waals surface area contributed by atoms with Crippen molar-refractivity contribution in [3.8, 4) is 5.88 Å². The molecule has 2 aliphatic rings. The first kappa shape index (κ1) is 16.6. The number of piperidine rings is 1. The van der Waals surface area contributed by atoms with E-state index in [1.54, 1.807) is 6.07 Å². The quantitative estimate of drug-likeness (QED) is 0.847. The summed E-state index contributed by atoms with van der Waals surface area (Å²) in [6, 6.07) is 4.46. The van der Waals surface area contributed by atoms with E-state index in [-0.39, 0.29) is 17.6 Å². The summed E-state index contributed by atoms with van der Waals surface area (Å²) in [5, 5.41) is 10.6. The Morgan fingerprint density at radius 2 is 1.80 bits per heavy atom. The molecule has 0 aromatic carbocycles. The molecule has 9 heteroatoms. The van der Waals surface area contributed by atoms with Crippen molar-refractivity contribution >= 4 is 5.65 Å². The summed E-state index contributed by atoms with van der Waals surface area (Å²) in [6.07, 6.45) is -0.571. The lowest BCUT2D eigenvalue weighted by atomic mass is 9.98. The van der Waals surface area contributed by atoms with Crippen LogP contribution in [0, 0.1) is 0 Å². The number of fused-ring (bicyclic) bond motifs is 3. The van der Waals surface area contributed by atoms with Gasteiger partial charge in [0.05, 0.1) is 0 Å². The first-order chi connectivity index (χ1) is 11.8. The zero-order valence-electron chi connectivity index (χ0n) is 14.1. The number of alkyl halides is 3. The van der Waals surface area contributed by atoms with Crippen LogP contribution in [0.15, 0.2) is 12.1 Å². The van der Waals surface area contributed by atoms with Crippen molar-refractivity contribution in [2.45, 2.75) is 69.9 Å². The predicted octanol–water partition coefficient (Wildman–Crippen LogP) is 2.93. The normalized spacial score (nSPS) is 27.4. The van der Waals surface area contributed by atoms with Crippen LogP contribution in [0.3, 0.4) is 0 Å². The highest BCUT2D eigenvalue weighted by Crippen LogP contribution is 2.38. The molecule has 0 N–H and O–H groups in total. The number of hydrogen-bond donors (Lipinski definition) is 0. The topological polar surface area (TPSA) is 55.5 Å². The first-order valence-electron chi connectivity index (χ1n) is 8.56. The molecular weight excluding hydrogens is 335 g/mol. The predicted molar refractivity (Wildman–Crippen MR) is 83.2 cm³/mol. The third-order valence-electron chi connectivity index (χ3n) is 5.12. The average Bonchev–Trinajstić information content (AvgIpc) is 3.06. The third-order valence-corrected chi connectivity index (χ3v) is 5.12. The van der Waals surface area contributed by atoms with Gasteiger partial charge in [0.25, 0.3) is 5.82 Å². The lowest BCUT2D eigenvalue weighted by Gasteiger charge is -2.41. The Hall–Kier alpha value is -1.90. The lowest BCUT2D eigenvalue weighted by molar-refractivity contribution is -0.146. The largest absolute Gasteiger partial charge is 0.473 e. The standard InChI is InChI=1S/C16H20F3N5O/c1-9(2)23-10-3-4-11(23)8-12(7-10)25-14-6-5-13-20-21-15(16(17,18)19)24(13)22-14/h5-6,9-12H,3-4,7-8H2,1-2H3/t10-,11+,12?. The van der Waals surface area contributed by atoms with E-state index in [9.17, 15) is 13.2 Å². The Labute approximate surface area is 143 Å². The van der Waals surface area contributed by atoms with Gasteiger partial charge in [-0.15, -0.1) is 15.3 Å². The van der Waals surface area contributed by atoms with Crippen LogP contribution in [-0.2, 0) is 6.18 Å². The van der Waals surface area contributed by atoms with Crippen LogP contribution in [-0.4, -0.2) is 48.9 Å². The summed E-state index contributed by atoms with van der Waals surface area (Å²) in [4.78, 5) is 2.54. The van der Waals surface area contributed by atoms with Crippen molar-refractivity contribution in [3.63, 3.8) is 0 Å². The van der Waals surface area contributed by atoms with E-state index in [1.165, 1.54) is 6.07 Å². The smallest absolute Gasteiger partial charge is 0.453 e. The van der Waals surface area contributed by atoms with E-state index in [0.29, 0.717) is 22.6 Å². The fraction of sp³-hybridized carbons (Fsp3) is 0.688. The van der Waals surface area contributed by atoms with Crippen molar-refractivity contribution in [1.29, 1.82) is 0 Å². The Bertz CT molecular complexity index is 761. The molecule has 136 valence electrons. The molecule has 0 spiro atoms. The van der Waals surface area contributed by atoms with Crippen molar-refractivity contribution in [2.75, 3.05) is 0 Å². The van der Waals surface area contributed by atoms with Crippen molar-refractivity contribution in [3.05, 3.63) is 18.0 Å². The summed E-state index contributed by atoms with van der Waals surface area (Å²) in [6.45, 7) is 4.40. The molecule has 1 unspecified atom stereocenters. The van der Waals surface area contributed by atoms with E-state index in [4.69, 9.17) is 4.74 Å². The van der Waals surface area contributed by atoms with E-state index in [0.717, 1.165) is 25.7 Å². The molecule has 2 saturated heterocycles. The zero-order chi connectivity index (χ0) is 17.8. The Kier molecular flexibility index (Phi) is 3.86. The molecule has 0 saturated carbocycles. The molecule has 2 fully saturated rings. The fourth-order valence-electron chi connectivity index (χ4n) is 4.29. The van der Waals surface area contributed by atoms with Gasteiger partial charge in [0.1, 0.15) is 6.10 Å². The first-order valence-corrected chi connectivity index (χ1v) is 8.56. The average molecular weight is 355 g/mol. The molecule has 2 aromatic heterocycles. The molecule has 2 aromatic rings. The van der Waals surface area contributed by atoms with E-state index in [1.807, 2.05) is 0 Å². The van der Waals surface area contributed by atoms with Crippen molar-refractivity contribution in [1.82, 2.24) is 24.7 Å². The minimum atomic E-state index is -4.60. The molecule has 4 rings (SSSR count). The number of ether oxygens (including phenoxy) is 1. The minimum absolute atomic E-state index is 0.0248. The Morgan fingerprint density at radius 1 is 1.12 bits per heavy atom. The van der Waals surface area contributed by atoms with Gasteiger partial charge in [-0.1, -0.05) is 0 Å². The summed E-state index contributed by atoms with van der Waals surface area (Å²) in [5.41, 5.74) is 0.0503. The summed E-state index contributed by atoms with van der Waals surface area (Å²) in [5.74, 6) is -0.956. The number of halogens is 3. The summed E-state index contributed by atoms with van der Waals surface area (Å²) >= 11 is 0. The lowest BCUT2D eigenvalue weighted by Crippen LogP contribution is -2.49. The van der Waals surface area contributed by atoms with Crippen LogP contribution in [0.25, 0.3) is 5.65 Å². The monoisotopic (exact) mass is 355 g/mol. The number of rotatable bonds is 3. The van der Waals surface area contributed by atoms with E-state index < -0.39 is 12.0 Å². The van der Waals surface area contributed by atoms with Gasteiger partial charge in [-0.3, -0.25) is 4.90 Å². The number of nitrogens with zero attached hydrogens (tertiary/aromatic N) is 5. The number of hydrogen-bond acceptors (Lipinski definition) is 5. The molecule has 3 atom stereocenters. The van der Waals surface area contributed by atoms with Gasteiger partial charge in [-0.05, 0) is 45.6 Å². The van der Waals surface area contributed by atoms with Gasteiger partial charge in [-0.2, -0.15) is 17.7 Å². The highest BCUT2D eigenvalue weighted by Gasteiger charge is 2.43. The maximum atomic E-state index is 13.0. The van der Waals surface area contributed by atoms with Gasteiger partial charge in [0.15, 0.2) is 5.65 Å². The van der Waals surface area contributed by atoms with E-state index >= 15 is 0 Å². The van der Waals surface area contributed by atoms with E-state index in [2.05, 4.69) is 34.0 Å². The van der Waals surface area contributed by atoms with Crippen LogP contribution >= 0.6 is 0 Å². The molecular formula is C16H20F3N5O. The highest BCUT2D eigenvalue weighted by molar-refractivity contribution is 5.37. The molecule has 0 amide bonds. The second-order valence-electron chi connectivity index (χ2n) is 7.10. The second-order valence-corrected chi connectivity index (χ2v) is 7.10. The maximum absolute atomic E-state index is 13.0. The maximum Gasteiger partial charge on any atom is 0.453 e. The molecule has 2 aliphatic heterocycles. The molecule has 6 nitrogen and oxygen atoms in total. The van der Waals surface area contributed by atoms with Crippen molar-refractivity contribution in [2.24, 2.45) is 0 Å². The molecule has 0 radical (unpaired) electrons. The molecule has 0 aliphatic carbocycles. The molecule has 25 heavy (non-hydrogen) atoms. The summed E-state index contributed by atoms with van der Waals surface area (Å²) in [7, 11) is 0. The molecule has 2 bridgehead atoms. The van der Waals surface area contributed by atoms with Crippen molar-refractivity contribution < 1.29 is 17.9 Å². The highest BCUT2D eigenvalue weighted by atomic mass is 19.4. The molecule has 4 heterocycles. The second kappa shape index (κ2) is 5.82. The number of aromatic nitrogens is 4. The minimum Gasteiger partial charge on any atom is -0.473 e. The Balaban J connectivity index is 1.54. The van der Waals surface area contributed by atoms with Crippen LogP contribution in [0.2, 0.25) is 0 Å². The van der Waals surface area contributed by atoms with Crippen LogP contribution in [0.1, 0.15) is 45.4 Å². The van der Waals surface area contributed by atoms with Gasteiger partial charge in [0.2, 0.25) is 5.88 Å². The van der Waals surface area contributed by atoms with Crippen LogP contribution in [0.4, 0.5) is 13.2 Å². The SMILES string of the molecule is CC(C)N1[C@@H]2CC[C@H]1CC(Oc1ccc3nnc(C(F)(F)F)n3n1)C2.